The van der Waals surface area contributed by atoms with Crippen molar-refractivity contribution >= 4 is 21.9 Å². The number of aryl methyl sites for hydroxylation is 1. The minimum atomic E-state index is -0.497. The highest BCUT2D eigenvalue weighted by atomic mass is 19.1. The number of nitrogens with one attached hydrogen (secondary N) is 2. The lowest BCUT2D eigenvalue weighted by molar-refractivity contribution is 0.305. The van der Waals surface area contributed by atoms with E-state index in [4.69, 9.17) is 9.72 Å². The number of nitrogens with zero attached hydrogens (tertiary/aromatic N) is 3. The molecule has 4 heterocycles. The van der Waals surface area contributed by atoms with E-state index >= 15 is 0 Å². The molecule has 3 N–H and O–H groups in total. The van der Waals surface area contributed by atoms with E-state index < -0.39 is 5.82 Å². The number of rotatable bonds is 6. The first-order chi connectivity index (χ1) is 20.0. The molecule has 0 aliphatic rings. The second-order valence-corrected chi connectivity index (χ2v) is 9.95. The Labute approximate surface area is 234 Å². The van der Waals surface area contributed by atoms with Crippen molar-refractivity contribution in [3.63, 3.8) is 0 Å². The van der Waals surface area contributed by atoms with Crippen LogP contribution in [0.2, 0.25) is 0 Å². The fraction of sp³-hybridized carbons (Fsp3) is 0.0606. The lowest BCUT2D eigenvalue weighted by Gasteiger charge is -2.08. The van der Waals surface area contributed by atoms with Crippen LogP contribution in [0.3, 0.4) is 0 Å². The molecule has 0 amide bonds. The lowest BCUT2D eigenvalue weighted by Crippen LogP contribution is -1.96. The van der Waals surface area contributed by atoms with Gasteiger partial charge in [0.25, 0.3) is 0 Å². The number of benzene rings is 3. The average Bonchev–Trinajstić information content (AvgIpc) is 3.61. The zero-order chi connectivity index (χ0) is 27.9. The van der Waals surface area contributed by atoms with Gasteiger partial charge in [0.1, 0.15) is 35.1 Å². The third kappa shape index (κ3) is 4.65. The molecule has 7 aromatic rings. The van der Waals surface area contributed by atoms with Gasteiger partial charge in [-0.3, -0.25) is 10.1 Å². The highest BCUT2D eigenvalue weighted by molar-refractivity contribution is 6.01. The molecular weight excluding hydrogens is 517 g/mol. The molecule has 0 bridgehead atoms. The molecule has 8 heteroatoms. The van der Waals surface area contributed by atoms with Gasteiger partial charge in [-0.05, 0) is 65.6 Å². The minimum absolute atomic E-state index is 0.122. The molecule has 0 saturated heterocycles. The van der Waals surface area contributed by atoms with Crippen molar-refractivity contribution in [2.75, 3.05) is 0 Å². The Morgan fingerprint density at radius 2 is 1.78 bits per heavy atom. The molecule has 0 unspecified atom stereocenters. The van der Waals surface area contributed by atoms with Crippen molar-refractivity contribution in [3.05, 3.63) is 114 Å². The number of hydrogen-bond acceptors (Lipinski definition) is 5. The summed E-state index contributed by atoms with van der Waals surface area (Å²) in [7, 11) is 0. The number of aromatic hydroxyl groups is 1. The number of aromatic amines is 2. The first-order valence-corrected chi connectivity index (χ1v) is 13.1. The SMILES string of the molecule is Cc1ccc(-c2cc(O)cc(F)c2)c2cc(-c3n[nH]c4ccc(-c5cncc(OCc6ccccc6)c5)nc34)[nH]c12. The van der Waals surface area contributed by atoms with Gasteiger partial charge in [0.15, 0.2) is 0 Å². The van der Waals surface area contributed by atoms with Crippen molar-refractivity contribution in [2.45, 2.75) is 13.5 Å². The first kappa shape index (κ1) is 24.5. The summed E-state index contributed by atoms with van der Waals surface area (Å²) in [6, 6.07) is 25.7. The van der Waals surface area contributed by atoms with Crippen molar-refractivity contribution in [3.8, 4) is 45.3 Å². The Hall–Kier alpha value is -5.50. The van der Waals surface area contributed by atoms with Crippen molar-refractivity contribution in [1.29, 1.82) is 0 Å². The van der Waals surface area contributed by atoms with Crippen LogP contribution >= 0.6 is 0 Å². The average molecular weight is 542 g/mol. The summed E-state index contributed by atoms with van der Waals surface area (Å²) in [5.74, 6) is 0.0368. The van der Waals surface area contributed by atoms with Gasteiger partial charge in [-0.1, -0.05) is 42.5 Å². The normalized spacial score (nSPS) is 11.4. The number of phenols is 1. The zero-order valence-corrected chi connectivity index (χ0v) is 22.0. The number of phenolic OH excluding ortho intramolecular Hbond substituents is 1. The first-order valence-electron chi connectivity index (χ1n) is 13.1. The van der Waals surface area contributed by atoms with Crippen LogP contribution < -0.4 is 4.74 Å². The molecule has 0 aliphatic carbocycles. The zero-order valence-electron chi connectivity index (χ0n) is 22.0. The van der Waals surface area contributed by atoms with E-state index in [0.29, 0.717) is 29.1 Å². The molecule has 0 fully saturated rings. The van der Waals surface area contributed by atoms with Gasteiger partial charge >= 0.3 is 0 Å². The summed E-state index contributed by atoms with van der Waals surface area (Å²) in [6.07, 6.45) is 3.45. The van der Waals surface area contributed by atoms with Gasteiger partial charge in [-0.2, -0.15) is 5.10 Å². The Bertz CT molecular complexity index is 2030. The smallest absolute Gasteiger partial charge is 0.138 e. The molecule has 200 valence electrons. The molecule has 7 nitrogen and oxygen atoms in total. The van der Waals surface area contributed by atoms with Crippen LogP contribution in [0.5, 0.6) is 11.5 Å². The monoisotopic (exact) mass is 541 g/mol. The summed E-state index contributed by atoms with van der Waals surface area (Å²) >= 11 is 0. The largest absolute Gasteiger partial charge is 0.508 e. The van der Waals surface area contributed by atoms with Crippen LogP contribution in [0.15, 0.2) is 97.3 Å². The Morgan fingerprint density at radius 3 is 2.63 bits per heavy atom. The summed E-state index contributed by atoms with van der Waals surface area (Å²) in [5.41, 5.74) is 8.88. The van der Waals surface area contributed by atoms with E-state index in [1.54, 1.807) is 18.5 Å². The number of hydrogen-bond donors (Lipinski definition) is 3. The molecule has 0 atom stereocenters. The van der Waals surface area contributed by atoms with Gasteiger partial charge in [0.2, 0.25) is 0 Å². The number of halogens is 1. The van der Waals surface area contributed by atoms with Gasteiger partial charge in [-0.25, -0.2) is 9.37 Å². The molecule has 0 aliphatic heterocycles. The highest BCUT2D eigenvalue weighted by Gasteiger charge is 2.17. The van der Waals surface area contributed by atoms with E-state index in [1.807, 2.05) is 73.7 Å². The molecule has 7 rings (SSSR count). The second-order valence-electron chi connectivity index (χ2n) is 9.95. The third-order valence-corrected chi connectivity index (χ3v) is 7.12. The van der Waals surface area contributed by atoms with Crippen LogP contribution in [0.1, 0.15) is 11.1 Å². The Kier molecular flexibility index (Phi) is 5.93. The van der Waals surface area contributed by atoms with Gasteiger partial charge in [0, 0.05) is 28.7 Å². The number of ether oxygens (including phenoxy) is 1. The molecule has 4 aromatic heterocycles. The maximum absolute atomic E-state index is 14.1. The van der Waals surface area contributed by atoms with Crippen LogP contribution in [0.25, 0.3) is 55.7 Å². The fourth-order valence-corrected chi connectivity index (χ4v) is 5.09. The lowest BCUT2D eigenvalue weighted by atomic mass is 9.99. The molecule has 41 heavy (non-hydrogen) atoms. The molecular formula is C33H24FN5O2. The Morgan fingerprint density at radius 1 is 0.902 bits per heavy atom. The molecule has 0 saturated carbocycles. The van der Waals surface area contributed by atoms with Gasteiger partial charge < -0.3 is 14.8 Å². The predicted molar refractivity (Wildman–Crippen MR) is 157 cm³/mol. The van der Waals surface area contributed by atoms with E-state index in [9.17, 15) is 9.50 Å². The van der Waals surface area contributed by atoms with E-state index in [1.165, 1.54) is 6.07 Å². The molecule has 0 spiro atoms. The van der Waals surface area contributed by atoms with Crippen molar-refractivity contribution in [1.82, 2.24) is 25.1 Å². The quantitative estimate of drug-likeness (QED) is 0.202. The summed E-state index contributed by atoms with van der Waals surface area (Å²) in [6.45, 7) is 2.45. The van der Waals surface area contributed by atoms with E-state index in [2.05, 4.69) is 20.2 Å². The van der Waals surface area contributed by atoms with Crippen LogP contribution in [-0.2, 0) is 6.61 Å². The number of fused-ring (bicyclic) bond motifs is 2. The van der Waals surface area contributed by atoms with Crippen LogP contribution in [0.4, 0.5) is 4.39 Å². The van der Waals surface area contributed by atoms with Crippen LogP contribution in [0, 0.1) is 12.7 Å². The maximum Gasteiger partial charge on any atom is 0.138 e. The summed E-state index contributed by atoms with van der Waals surface area (Å²) in [5, 5.41) is 18.5. The van der Waals surface area contributed by atoms with E-state index in [0.717, 1.165) is 56.1 Å². The topological polar surface area (TPSA) is 99.7 Å². The third-order valence-electron chi connectivity index (χ3n) is 7.12. The summed E-state index contributed by atoms with van der Waals surface area (Å²) in [4.78, 5) is 12.8. The second kappa shape index (κ2) is 9.91. The highest BCUT2D eigenvalue weighted by Crippen LogP contribution is 2.37. The summed E-state index contributed by atoms with van der Waals surface area (Å²) < 4.78 is 20.1. The molecule has 0 radical (unpaired) electrons. The Balaban J connectivity index is 1.27. The number of aromatic nitrogens is 5. The maximum atomic E-state index is 14.1. The van der Waals surface area contributed by atoms with Crippen molar-refractivity contribution in [2.24, 2.45) is 0 Å². The number of pyridine rings is 2. The van der Waals surface area contributed by atoms with Gasteiger partial charge in [-0.15, -0.1) is 0 Å². The standard InChI is InChI=1S/C33H24FN5O2/c1-19-7-8-26(21-11-23(34)14-24(40)12-21)27-15-30(37-31(19)27)33-32-29(38-39-33)10-9-28(36-32)22-13-25(17-35-16-22)41-18-20-5-3-2-4-6-20/h2-17,37,40H,18H2,1H3,(H,38,39). The van der Waals surface area contributed by atoms with Crippen molar-refractivity contribution < 1.29 is 14.2 Å². The minimum Gasteiger partial charge on any atom is -0.508 e. The predicted octanol–water partition coefficient (Wildman–Crippen LogP) is 7.57. The molecule has 3 aromatic carbocycles. The number of H-pyrrole nitrogens is 2. The van der Waals surface area contributed by atoms with Gasteiger partial charge in [0.05, 0.1) is 23.1 Å². The fourth-order valence-electron chi connectivity index (χ4n) is 5.09. The van der Waals surface area contributed by atoms with Crippen LogP contribution in [-0.4, -0.2) is 30.3 Å². The van der Waals surface area contributed by atoms with E-state index in [-0.39, 0.29) is 5.75 Å².